The molecule has 2 heteroatoms. The van der Waals surface area contributed by atoms with E-state index < -0.39 is 0 Å². The summed E-state index contributed by atoms with van der Waals surface area (Å²) >= 11 is 2.43. The summed E-state index contributed by atoms with van der Waals surface area (Å²) < 4.78 is 1.26. The van der Waals surface area contributed by atoms with Gasteiger partial charge in [0.05, 0.1) is 0 Å². The van der Waals surface area contributed by atoms with E-state index in [1.54, 1.807) is 0 Å². The summed E-state index contributed by atoms with van der Waals surface area (Å²) in [6, 6.07) is 17.5. The van der Waals surface area contributed by atoms with Gasteiger partial charge in [0, 0.05) is 11.1 Å². The average Bonchev–Trinajstić information content (AvgIpc) is 2.55. The Hall–Kier alpha value is -1.16. The number of rotatable bonds is 8. The van der Waals surface area contributed by atoms with Gasteiger partial charge in [-0.1, -0.05) is 90.0 Å². The first-order valence-electron chi connectivity index (χ1n) is 7.56. The van der Waals surface area contributed by atoms with Crippen LogP contribution in [0.3, 0.4) is 0 Å². The molecule has 0 fully saturated rings. The number of hydrogen-bond donors (Lipinski definition) is 0. The summed E-state index contributed by atoms with van der Waals surface area (Å²) in [5.74, 6) is 0.101. The van der Waals surface area contributed by atoms with E-state index >= 15 is 0 Å². The van der Waals surface area contributed by atoms with Gasteiger partial charge in [-0.3, -0.25) is 4.79 Å². The van der Waals surface area contributed by atoms with E-state index in [1.165, 1.54) is 35.7 Å². The number of carbonyl (C=O) groups excluding carboxylic acids is 1. The Morgan fingerprint density at radius 1 is 0.762 bits per heavy atom. The normalized spacial score (nSPS) is 10.5. The molecule has 2 aromatic rings. The predicted octanol–water partition coefficient (Wildman–Crippen LogP) is 5.46. The van der Waals surface area contributed by atoms with Gasteiger partial charge in [0.2, 0.25) is 0 Å². The lowest BCUT2D eigenvalue weighted by molar-refractivity contribution is 0.103. The van der Waals surface area contributed by atoms with Crippen LogP contribution < -0.4 is 0 Å². The number of ketones is 1. The minimum Gasteiger partial charge on any atom is -0.289 e. The molecular weight excluding hydrogens is 371 g/mol. The van der Waals surface area contributed by atoms with Gasteiger partial charge in [-0.15, -0.1) is 0 Å². The number of benzene rings is 2. The molecule has 110 valence electrons. The van der Waals surface area contributed by atoms with Gasteiger partial charge >= 0.3 is 0 Å². The molecule has 0 heterocycles. The molecule has 0 aliphatic rings. The molecule has 2 aromatic carbocycles. The molecule has 0 radical (unpaired) electrons. The Bertz CT molecular complexity index is 546. The van der Waals surface area contributed by atoms with E-state index in [-0.39, 0.29) is 5.78 Å². The Morgan fingerprint density at radius 2 is 1.38 bits per heavy atom. The van der Waals surface area contributed by atoms with Crippen molar-refractivity contribution in [3.8, 4) is 0 Å². The highest BCUT2D eigenvalue weighted by molar-refractivity contribution is 14.1. The maximum absolute atomic E-state index is 12.3. The maximum Gasteiger partial charge on any atom is 0.193 e. The van der Waals surface area contributed by atoms with Gasteiger partial charge in [0.25, 0.3) is 0 Å². The van der Waals surface area contributed by atoms with Gasteiger partial charge in [0.15, 0.2) is 5.78 Å². The van der Waals surface area contributed by atoms with Crippen molar-refractivity contribution in [2.75, 3.05) is 4.43 Å². The SMILES string of the molecule is O=C(c1ccccc1)c1ccc(CCCCCCI)cc1. The van der Waals surface area contributed by atoms with E-state index in [0.29, 0.717) is 0 Å². The van der Waals surface area contributed by atoms with Crippen LogP contribution in [0.15, 0.2) is 54.6 Å². The fourth-order valence-electron chi connectivity index (χ4n) is 2.36. The fraction of sp³-hybridized carbons (Fsp3) is 0.316. The number of unbranched alkanes of at least 4 members (excludes halogenated alkanes) is 3. The van der Waals surface area contributed by atoms with E-state index in [1.807, 2.05) is 42.5 Å². The topological polar surface area (TPSA) is 17.1 Å². The number of carbonyl (C=O) groups is 1. The summed E-state index contributed by atoms with van der Waals surface area (Å²) in [6.45, 7) is 0. The highest BCUT2D eigenvalue weighted by Gasteiger charge is 2.07. The van der Waals surface area contributed by atoms with Crippen molar-refractivity contribution in [2.24, 2.45) is 0 Å². The molecule has 0 amide bonds. The summed E-state index contributed by atoms with van der Waals surface area (Å²) in [4.78, 5) is 12.3. The average molecular weight is 392 g/mol. The standard InChI is InChI=1S/C19H21IO/c20-15-7-2-1-4-8-16-11-13-18(14-12-16)19(21)17-9-5-3-6-10-17/h3,5-6,9-14H,1-2,4,7-8,15H2. The summed E-state index contributed by atoms with van der Waals surface area (Å²) in [6.07, 6.45) is 6.30. The lowest BCUT2D eigenvalue weighted by Crippen LogP contribution is -2.01. The first kappa shape index (κ1) is 16.2. The second-order valence-electron chi connectivity index (χ2n) is 5.25. The second kappa shape index (κ2) is 8.98. The molecule has 0 bridgehead atoms. The van der Waals surface area contributed by atoms with Crippen LogP contribution in [0.25, 0.3) is 0 Å². The van der Waals surface area contributed by atoms with Crippen molar-refractivity contribution in [3.05, 3.63) is 71.3 Å². The third-order valence-electron chi connectivity index (χ3n) is 3.60. The largest absolute Gasteiger partial charge is 0.289 e. The zero-order valence-electron chi connectivity index (χ0n) is 12.2. The summed E-state index contributed by atoms with van der Waals surface area (Å²) in [7, 11) is 0. The van der Waals surface area contributed by atoms with Gasteiger partial charge in [-0.2, -0.15) is 0 Å². The zero-order chi connectivity index (χ0) is 14.9. The molecule has 0 N–H and O–H groups in total. The summed E-state index contributed by atoms with van der Waals surface area (Å²) in [5.41, 5.74) is 2.85. The molecule has 0 atom stereocenters. The van der Waals surface area contributed by atoms with Gasteiger partial charge in [-0.25, -0.2) is 0 Å². The summed E-state index contributed by atoms with van der Waals surface area (Å²) in [5, 5.41) is 0. The predicted molar refractivity (Wildman–Crippen MR) is 97.4 cm³/mol. The molecule has 0 saturated heterocycles. The first-order valence-corrected chi connectivity index (χ1v) is 9.08. The van der Waals surface area contributed by atoms with Crippen LogP contribution in [-0.2, 0) is 6.42 Å². The van der Waals surface area contributed by atoms with Gasteiger partial charge < -0.3 is 0 Å². The van der Waals surface area contributed by atoms with E-state index in [9.17, 15) is 4.79 Å². The molecular formula is C19H21IO. The van der Waals surface area contributed by atoms with Gasteiger partial charge in [0.1, 0.15) is 0 Å². The van der Waals surface area contributed by atoms with E-state index in [0.717, 1.165) is 17.5 Å². The highest BCUT2D eigenvalue weighted by Crippen LogP contribution is 2.13. The van der Waals surface area contributed by atoms with Crippen LogP contribution in [0.1, 0.15) is 47.2 Å². The van der Waals surface area contributed by atoms with E-state index in [4.69, 9.17) is 0 Å². The van der Waals surface area contributed by atoms with Crippen LogP contribution in [-0.4, -0.2) is 10.2 Å². The third-order valence-corrected chi connectivity index (χ3v) is 4.36. The van der Waals surface area contributed by atoms with Gasteiger partial charge in [-0.05, 0) is 29.3 Å². The van der Waals surface area contributed by atoms with Crippen molar-refractivity contribution in [3.63, 3.8) is 0 Å². The molecule has 21 heavy (non-hydrogen) atoms. The molecule has 2 rings (SSSR count). The van der Waals surface area contributed by atoms with Crippen LogP contribution >= 0.6 is 22.6 Å². The minimum absolute atomic E-state index is 0.101. The van der Waals surface area contributed by atoms with Crippen LogP contribution in [0.2, 0.25) is 0 Å². The molecule has 0 spiro atoms. The first-order chi connectivity index (χ1) is 10.3. The molecule has 1 nitrogen and oxygen atoms in total. The Balaban J connectivity index is 1.88. The van der Waals surface area contributed by atoms with Crippen molar-refractivity contribution in [2.45, 2.75) is 32.1 Å². The van der Waals surface area contributed by atoms with Crippen LogP contribution in [0.5, 0.6) is 0 Å². The van der Waals surface area contributed by atoms with Crippen LogP contribution in [0.4, 0.5) is 0 Å². The number of alkyl halides is 1. The molecule has 0 aliphatic carbocycles. The number of hydrogen-bond acceptors (Lipinski definition) is 1. The van der Waals surface area contributed by atoms with E-state index in [2.05, 4.69) is 34.7 Å². The Morgan fingerprint density at radius 3 is 2.05 bits per heavy atom. The molecule has 0 aliphatic heterocycles. The maximum atomic E-state index is 12.3. The molecule has 0 saturated carbocycles. The monoisotopic (exact) mass is 392 g/mol. The third kappa shape index (κ3) is 5.27. The second-order valence-corrected chi connectivity index (χ2v) is 6.32. The number of halogens is 1. The lowest BCUT2D eigenvalue weighted by atomic mass is 10.00. The van der Waals surface area contributed by atoms with Crippen molar-refractivity contribution in [1.82, 2.24) is 0 Å². The number of aryl methyl sites for hydroxylation is 1. The Labute approximate surface area is 140 Å². The molecule has 0 aromatic heterocycles. The van der Waals surface area contributed by atoms with Crippen molar-refractivity contribution >= 4 is 28.4 Å². The smallest absolute Gasteiger partial charge is 0.193 e. The highest BCUT2D eigenvalue weighted by atomic mass is 127. The quantitative estimate of drug-likeness (QED) is 0.253. The minimum atomic E-state index is 0.101. The van der Waals surface area contributed by atoms with Crippen LogP contribution in [0, 0.1) is 0 Å². The van der Waals surface area contributed by atoms with Crippen molar-refractivity contribution < 1.29 is 4.79 Å². The van der Waals surface area contributed by atoms with Crippen molar-refractivity contribution in [1.29, 1.82) is 0 Å². The Kier molecular flexibility index (Phi) is 6.93. The lowest BCUT2D eigenvalue weighted by Gasteiger charge is -2.04. The molecule has 0 unspecified atom stereocenters. The fourth-order valence-corrected chi connectivity index (χ4v) is 2.90. The zero-order valence-corrected chi connectivity index (χ0v) is 14.4.